The van der Waals surface area contributed by atoms with E-state index in [1.165, 1.54) is 12.6 Å². The number of hydrogen-bond donors (Lipinski definition) is 1. The third kappa shape index (κ3) is 3.96. The second kappa shape index (κ2) is 6.71. The number of amides is 1. The number of nitrogens with zero attached hydrogens (tertiary/aromatic N) is 1. The van der Waals surface area contributed by atoms with Gasteiger partial charge in [0, 0.05) is 19.3 Å². The minimum atomic E-state index is -0.116. The van der Waals surface area contributed by atoms with Gasteiger partial charge >= 0.3 is 0 Å². The van der Waals surface area contributed by atoms with Gasteiger partial charge in [-0.05, 0) is 37.8 Å². The van der Waals surface area contributed by atoms with E-state index >= 15 is 0 Å². The first kappa shape index (κ1) is 13.3. The van der Waals surface area contributed by atoms with Crippen LogP contribution >= 0.6 is 11.6 Å². The van der Waals surface area contributed by atoms with Crippen LogP contribution in [-0.2, 0) is 4.74 Å². The van der Waals surface area contributed by atoms with Crippen LogP contribution in [0.25, 0.3) is 0 Å². The van der Waals surface area contributed by atoms with Crippen molar-refractivity contribution < 1.29 is 9.53 Å². The van der Waals surface area contributed by atoms with Gasteiger partial charge in [-0.3, -0.25) is 4.79 Å². The number of aromatic nitrogens is 1. The molecule has 1 aliphatic rings. The minimum absolute atomic E-state index is 0.116. The van der Waals surface area contributed by atoms with Crippen molar-refractivity contribution in [3.63, 3.8) is 0 Å². The van der Waals surface area contributed by atoms with E-state index < -0.39 is 0 Å². The van der Waals surface area contributed by atoms with Crippen LogP contribution < -0.4 is 5.32 Å². The summed E-state index contributed by atoms with van der Waals surface area (Å²) in [5.74, 6) is -0.116. The molecule has 1 unspecified atom stereocenters. The van der Waals surface area contributed by atoms with Crippen LogP contribution in [0.1, 0.15) is 36.0 Å². The van der Waals surface area contributed by atoms with E-state index in [0.717, 1.165) is 25.9 Å². The normalized spacial score (nSPS) is 19.5. The van der Waals surface area contributed by atoms with Crippen molar-refractivity contribution in [2.24, 2.45) is 0 Å². The highest BCUT2D eigenvalue weighted by Crippen LogP contribution is 2.14. The number of ether oxygens (including phenoxy) is 1. The average molecular weight is 269 g/mol. The predicted molar refractivity (Wildman–Crippen MR) is 69.8 cm³/mol. The Morgan fingerprint density at radius 2 is 2.39 bits per heavy atom. The Bertz CT molecular complexity index is 388. The zero-order valence-electron chi connectivity index (χ0n) is 10.2. The number of carbonyl (C=O) groups excluding carboxylic acids is 1. The van der Waals surface area contributed by atoms with Crippen molar-refractivity contribution in [2.75, 3.05) is 13.2 Å². The zero-order valence-corrected chi connectivity index (χ0v) is 10.9. The van der Waals surface area contributed by atoms with Gasteiger partial charge < -0.3 is 10.1 Å². The highest BCUT2D eigenvalue weighted by atomic mass is 35.5. The van der Waals surface area contributed by atoms with E-state index in [2.05, 4.69) is 10.3 Å². The zero-order chi connectivity index (χ0) is 12.8. The summed E-state index contributed by atoms with van der Waals surface area (Å²) in [7, 11) is 0. The monoisotopic (exact) mass is 268 g/mol. The maximum atomic E-state index is 11.8. The minimum Gasteiger partial charge on any atom is -0.378 e. The maximum absolute atomic E-state index is 11.8. The molecule has 1 aromatic heterocycles. The van der Waals surface area contributed by atoms with Crippen molar-refractivity contribution in [1.29, 1.82) is 0 Å². The Balaban J connectivity index is 1.72. The van der Waals surface area contributed by atoms with Crippen molar-refractivity contribution >= 4 is 17.5 Å². The number of carbonyl (C=O) groups is 1. The van der Waals surface area contributed by atoms with E-state index in [4.69, 9.17) is 16.3 Å². The van der Waals surface area contributed by atoms with E-state index in [1.807, 2.05) is 0 Å². The topological polar surface area (TPSA) is 51.2 Å². The lowest BCUT2D eigenvalue weighted by atomic mass is 10.1. The van der Waals surface area contributed by atoms with E-state index in [1.54, 1.807) is 12.1 Å². The molecule has 1 N–H and O–H groups in total. The standard InChI is InChI=1S/C13H17ClN2O2/c14-12-5-4-10(9-16-12)13(17)15-7-6-11-3-1-2-8-18-11/h4-5,9,11H,1-3,6-8H2,(H,15,17). The molecule has 1 atom stereocenters. The molecule has 0 aromatic carbocycles. The second-order valence-corrected chi connectivity index (χ2v) is 4.79. The number of hydrogen-bond acceptors (Lipinski definition) is 3. The molecule has 1 saturated heterocycles. The Hall–Kier alpha value is -1.13. The Labute approximate surface area is 112 Å². The lowest BCUT2D eigenvalue weighted by Gasteiger charge is -2.22. The largest absolute Gasteiger partial charge is 0.378 e. The summed E-state index contributed by atoms with van der Waals surface area (Å²) in [6, 6.07) is 3.28. The number of rotatable bonds is 4. The van der Waals surface area contributed by atoms with Crippen LogP contribution in [0.4, 0.5) is 0 Å². The molecule has 5 heteroatoms. The lowest BCUT2D eigenvalue weighted by molar-refractivity contribution is 0.0117. The van der Waals surface area contributed by atoms with Crippen LogP contribution in [0.15, 0.2) is 18.3 Å². The molecular weight excluding hydrogens is 252 g/mol. The molecule has 4 nitrogen and oxygen atoms in total. The van der Waals surface area contributed by atoms with Gasteiger partial charge in [0.25, 0.3) is 5.91 Å². The fourth-order valence-corrected chi connectivity index (χ4v) is 2.11. The Morgan fingerprint density at radius 1 is 1.50 bits per heavy atom. The maximum Gasteiger partial charge on any atom is 0.252 e. The Kier molecular flexibility index (Phi) is 4.96. The summed E-state index contributed by atoms with van der Waals surface area (Å²) >= 11 is 5.66. The molecule has 0 spiro atoms. The van der Waals surface area contributed by atoms with Crippen LogP contribution in [0.5, 0.6) is 0 Å². The fourth-order valence-electron chi connectivity index (χ4n) is 1.99. The van der Waals surface area contributed by atoms with Gasteiger partial charge in [0.1, 0.15) is 5.15 Å². The van der Waals surface area contributed by atoms with Gasteiger partial charge in [-0.25, -0.2) is 4.98 Å². The molecular formula is C13H17ClN2O2. The molecule has 0 radical (unpaired) electrons. The SMILES string of the molecule is O=C(NCCC1CCCCO1)c1ccc(Cl)nc1. The number of halogens is 1. The molecule has 0 saturated carbocycles. The second-order valence-electron chi connectivity index (χ2n) is 4.40. The van der Waals surface area contributed by atoms with E-state index in [0.29, 0.717) is 23.4 Å². The average Bonchev–Trinajstić information content (AvgIpc) is 2.40. The summed E-state index contributed by atoms with van der Waals surface area (Å²) in [6.07, 6.45) is 6.11. The van der Waals surface area contributed by atoms with Crippen LogP contribution in [0.2, 0.25) is 5.15 Å². The molecule has 2 rings (SSSR count). The predicted octanol–water partition coefficient (Wildman–Crippen LogP) is 2.42. The first-order valence-electron chi connectivity index (χ1n) is 6.27. The van der Waals surface area contributed by atoms with Crippen LogP contribution in [0.3, 0.4) is 0 Å². The molecule has 18 heavy (non-hydrogen) atoms. The summed E-state index contributed by atoms with van der Waals surface area (Å²) in [5, 5.41) is 3.25. The molecule has 0 bridgehead atoms. The van der Waals surface area contributed by atoms with Crippen molar-refractivity contribution in [2.45, 2.75) is 31.8 Å². The van der Waals surface area contributed by atoms with Crippen molar-refractivity contribution in [3.05, 3.63) is 29.0 Å². The first-order valence-corrected chi connectivity index (χ1v) is 6.65. The first-order chi connectivity index (χ1) is 8.75. The van der Waals surface area contributed by atoms with Crippen molar-refractivity contribution in [1.82, 2.24) is 10.3 Å². The molecule has 2 heterocycles. The van der Waals surface area contributed by atoms with Gasteiger partial charge in [0.2, 0.25) is 0 Å². The highest BCUT2D eigenvalue weighted by Gasteiger charge is 2.14. The van der Waals surface area contributed by atoms with Gasteiger partial charge in [-0.1, -0.05) is 11.6 Å². The number of nitrogens with one attached hydrogen (secondary N) is 1. The molecule has 1 aliphatic heterocycles. The molecule has 1 amide bonds. The third-order valence-electron chi connectivity index (χ3n) is 3.02. The van der Waals surface area contributed by atoms with Crippen molar-refractivity contribution in [3.8, 4) is 0 Å². The quantitative estimate of drug-likeness (QED) is 0.854. The van der Waals surface area contributed by atoms with Gasteiger partial charge in [0.05, 0.1) is 11.7 Å². The smallest absolute Gasteiger partial charge is 0.252 e. The lowest BCUT2D eigenvalue weighted by Crippen LogP contribution is -2.29. The van der Waals surface area contributed by atoms with E-state index in [-0.39, 0.29) is 5.91 Å². The van der Waals surface area contributed by atoms with Gasteiger partial charge in [-0.2, -0.15) is 0 Å². The number of pyridine rings is 1. The van der Waals surface area contributed by atoms with Crippen LogP contribution in [0, 0.1) is 0 Å². The summed E-state index contributed by atoms with van der Waals surface area (Å²) in [4.78, 5) is 15.6. The molecule has 1 fully saturated rings. The third-order valence-corrected chi connectivity index (χ3v) is 3.24. The highest BCUT2D eigenvalue weighted by molar-refractivity contribution is 6.29. The van der Waals surface area contributed by atoms with Crippen LogP contribution in [-0.4, -0.2) is 30.1 Å². The molecule has 98 valence electrons. The van der Waals surface area contributed by atoms with Gasteiger partial charge in [0.15, 0.2) is 0 Å². The summed E-state index contributed by atoms with van der Waals surface area (Å²) < 4.78 is 5.60. The summed E-state index contributed by atoms with van der Waals surface area (Å²) in [6.45, 7) is 1.48. The fraction of sp³-hybridized carbons (Fsp3) is 0.538. The molecule has 0 aliphatic carbocycles. The molecule has 1 aromatic rings. The Morgan fingerprint density at radius 3 is 3.06 bits per heavy atom. The summed E-state index contributed by atoms with van der Waals surface area (Å²) in [5.41, 5.74) is 0.531. The van der Waals surface area contributed by atoms with E-state index in [9.17, 15) is 4.79 Å². The van der Waals surface area contributed by atoms with Gasteiger partial charge in [-0.15, -0.1) is 0 Å².